The Hall–Kier alpha value is -3.73. The molecular weight excluding hydrogens is 398 g/mol. The Kier molecular flexibility index (Phi) is 5.33. The Bertz CT molecular complexity index is 1180. The predicted molar refractivity (Wildman–Crippen MR) is 106 cm³/mol. The Labute approximate surface area is 166 Å². The molecule has 3 aromatic rings. The van der Waals surface area contributed by atoms with E-state index in [4.69, 9.17) is 0 Å². The molecule has 2 aromatic carbocycles. The van der Waals surface area contributed by atoms with E-state index in [2.05, 4.69) is 20.2 Å². The van der Waals surface area contributed by atoms with Gasteiger partial charge in [0.05, 0.1) is 33.2 Å². The summed E-state index contributed by atoms with van der Waals surface area (Å²) in [4.78, 5) is 22.6. The first-order valence-corrected chi connectivity index (χ1v) is 9.87. The average Bonchev–Trinajstić information content (AvgIpc) is 3.00. The molecule has 0 aliphatic rings. The minimum absolute atomic E-state index is 0.0121. The minimum Gasteiger partial charge on any atom is -0.319 e. The second kappa shape index (κ2) is 7.72. The zero-order valence-electron chi connectivity index (χ0n) is 15.5. The van der Waals surface area contributed by atoms with Gasteiger partial charge in [0, 0.05) is 6.07 Å². The van der Waals surface area contributed by atoms with Gasteiger partial charge in [0.25, 0.3) is 21.6 Å². The molecule has 0 bridgehead atoms. The number of sulfonamides is 1. The van der Waals surface area contributed by atoms with Gasteiger partial charge in [-0.2, -0.15) is 5.10 Å². The Morgan fingerprint density at radius 3 is 2.41 bits per heavy atom. The van der Waals surface area contributed by atoms with Crippen LogP contribution in [0.5, 0.6) is 0 Å². The van der Waals surface area contributed by atoms with E-state index in [1.807, 2.05) is 0 Å². The van der Waals surface area contributed by atoms with E-state index >= 15 is 0 Å². The van der Waals surface area contributed by atoms with Crippen LogP contribution < -0.4 is 10.0 Å². The van der Waals surface area contributed by atoms with E-state index in [1.165, 1.54) is 24.3 Å². The van der Waals surface area contributed by atoms with Crippen molar-refractivity contribution >= 4 is 33.0 Å². The highest BCUT2D eigenvalue weighted by Gasteiger charge is 2.26. The zero-order chi connectivity index (χ0) is 21.2. The van der Waals surface area contributed by atoms with Crippen LogP contribution in [0.1, 0.15) is 21.7 Å². The number of nitro benzene ring substituents is 1. The van der Waals surface area contributed by atoms with Crippen molar-refractivity contribution < 1.29 is 18.1 Å². The SMILES string of the molecule is Cc1n[nH]c(C)c1NC(=O)c1ccccc1NS(=O)(=O)c1ccccc1[N+](=O)[O-]. The highest BCUT2D eigenvalue weighted by Crippen LogP contribution is 2.27. The maximum absolute atomic E-state index is 12.8. The normalized spacial score (nSPS) is 11.1. The molecule has 0 aliphatic carbocycles. The number of carbonyl (C=O) groups is 1. The lowest BCUT2D eigenvalue weighted by molar-refractivity contribution is -0.387. The minimum atomic E-state index is -4.31. The maximum Gasteiger partial charge on any atom is 0.289 e. The molecule has 150 valence electrons. The molecule has 0 radical (unpaired) electrons. The lowest BCUT2D eigenvalue weighted by atomic mass is 10.1. The number of aromatic amines is 1. The number of hydrogen-bond acceptors (Lipinski definition) is 6. The number of rotatable bonds is 6. The highest BCUT2D eigenvalue weighted by atomic mass is 32.2. The summed E-state index contributed by atoms with van der Waals surface area (Å²) in [6.07, 6.45) is 0. The van der Waals surface area contributed by atoms with E-state index in [0.29, 0.717) is 17.1 Å². The number of anilines is 2. The van der Waals surface area contributed by atoms with Crippen LogP contribution in [-0.2, 0) is 10.0 Å². The molecule has 29 heavy (non-hydrogen) atoms. The molecule has 0 fully saturated rings. The molecule has 1 amide bonds. The summed E-state index contributed by atoms with van der Waals surface area (Å²) in [6.45, 7) is 3.45. The van der Waals surface area contributed by atoms with Gasteiger partial charge < -0.3 is 5.32 Å². The molecule has 0 saturated carbocycles. The van der Waals surface area contributed by atoms with Crippen molar-refractivity contribution in [1.29, 1.82) is 0 Å². The Balaban J connectivity index is 1.96. The van der Waals surface area contributed by atoms with Crippen LogP contribution in [-0.4, -0.2) is 29.4 Å². The largest absolute Gasteiger partial charge is 0.319 e. The first kappa shape index (κ1) is 20.0. The van der Waals surface area contributed by atoms with Crippen LogP contribution in [0.25, 0.3) is 0 Å². The van der Waals surface area contributed by atoms with Gasteiger partial charge in [0.1, 0.15) is 0 Å². The lowest BCUT2D eigenvalue weighted by Gasteiger charge is -2.13. The fourth-order valence-corrected chi connectivity index (χ4v) is 3.97. The number of carbonyl (C=O) groups excluding carboxylic acids is 1. The summed E-state index contributed by atoms with van der Waals surface area (Å²) in [6, 6.07) is 10.9. The van der Waals surface area contributed by atoms with Crippen molar-refractivity contribution in [2.45, 2.75) is 18.7 Å². The smallest absolute Gasteiger partial charge is 0.289 e. The molecular formula is C18H17N5O5S. The topological polar surface area (TPSA) is 147 Å². The Morgan fingerprint density at radius 1 is 1.10 bits per heavy atom. The first-order chi connectivity index (χ1) is 13.7. The van der Waals surface area contributed by atoms with Gasteiger partial charge >= 0.3 is 0 Å². The second-order valence-electron chi connectivity index (χ2n) is 6.14. The van der Waals surface area contributed by atoms with E-state index in [9.17, 15) is 23.3 Å². The van der Waals surface area contributed by atoms with Gasteiger partial charge in [0.2, 0.25) is 0 Å². The van der Waals surface area contributed by atoms with Crippen molar-refractivity contribution in [3.8, 4) is 0 Å². The standard InChI is InChI=1S/C18H17N5O5S/c1-11-17(12(2)21-20-11)19-18(24)13-7-3-4-8-14(13)22-29(27,28)16-10-6-5-9-15(16)23(25)26/h3-10,22H,1-2H3,(H,19,24)(H,20,21). The van der Waals surface area contributed by atoms with Crippen molar-refractivity contribution in [1.82, 2.24) is 10.2 Å². The summed E-state index contributed by atoms with van der Waals surface area (Å²) in [7, 11) is -4.31. The molecule has 0 saturated heterocycles. The third-order valence-electron chi connectivity index (χ3n) is 4.13. The lowest BCUT2D eigenvalue weighted by Crippen LogP contribution is -2.19. The molecule has 0 atom stereocenters. The van der Waals surface area contributed by atoms with E-state index in [-0.39, 0.29) is 11.3 Å². The molecule has 3 rings (SSSR count). The van der Waals surface area contributed by atoms with Crippen LogP contribution in [0.3, 0.4) is 0 Å². The van der Waals surface area contributed by atoms with Gasteiger partial charge in [-0.05, 0) is 32.0 Å². The second-order valence-corrected chi connectivity index (χ2v) is 7.79. The van der Waals surface area contributed by atoms with Crippen molar-refractivity contribution in [3.63, 3.8) is 0 Å². The van der Waals surface area contributed by atoms with Gasteiger partial charge in [-0.1, -0.05) is 24.3 Å². The van der Waals surface area contributed by atoms with Gasteiger partial charge in [-0.3, -0.25) is 24.7 Å². The van der Waals surface area contributed by atoms with Crippen molar-refractivity contribution in [2.75, 3.05) is 10.0 Å². The van der Waals surface area contributed by atoms with E-state index in [0.717, 1.165) is 12.1 Å². The summed E-state index contributed by atoms with van der Waals surface area (Å²) >= 11 is 0. The summed E-state index contributed by atoms with van der Waals surface area (Å²) in [5.41, 5.74) is 1.19. The molecule has 10 nitrogen and oxygen atoms in total. The number of aryl methyl sites for hydroxylation is 2. The van der Waals surface area contributed by atoms with Crippen LogP contribution in [0.4, 0.5) is 17.1 Å². The average molecular weight is 415 g/mol. The predicted octanol–water partition coefficient (Wildman–Crippen LogP) is 2.99. The zero-order valence-corrected chi connectivity index (χ0v) is 16.3. The third kappa shape index (κ3) is 4.09. The first-order valence-electron chi connectivity index (χ1n) is 8.39. The monoisotopic (exact) mass is 415 g/mol. The summed E-state index contributed by atoms with van der Waals surface area (Å²) in [5.74, 6) is -0.557. The third-order valence-corrected chi connectivity index (χ3v) is 5.55. The number of benzene rings is 2. The summed E-state index contributed by atoms with van der Waals surface area (Å²) in [5, 5.41) is 20.6. The van der Waals surface area contributed by atoms with E-state index < -0.39 is 31.4 Å². The number of nitrogens with zero attached hydrogens (tertiary/aromatic N) is 2. The number of hydrogen-bond donors (Lipinski definition) is 3. The molecule has 0 unspecified atom stereocenters. The van der Waals surface area contributed by atoms with E-state index in [1.54, 1.807) is 26.0 Å². The summed E-state index contributed by atoms with van der Waals surface area (Å²) < 4.78 is 27.8. The number of amides is 1. The quantitative estimate of drug-likeness (QED) is 0.416. The molecule has 3 N–H and O–H groups in total. The number of nitro groups is 1. The van der Waals surface area contributed by atoms with Gasteiger partial charge in [0.15, 0.2) is 4.90 Å². The number of aromatic nitrogens is 2. The molecule has 11 heteroatoms. The van der Waals surface area contributed by atoms with Crippen LogP contribution in [0.15, 0.2) is 53.4 Å². The fraction of sp³-hybridized carbons (Fsp3) is 0.111. The van der Waals surface area contributed by atoms with Crippen LogP contribution in [0, 0.1) is 24.0 Å². The highest BCUT2D eigenvalue weighted by molar-refractivity contribution is 7.92. The maximum atomic E-state index is 12.8. The van der Waals surface area contributed by atoms with Crippen LogP contribution in [0.2, 0.25) is 0 Å². The fourth-order valence-electron chi connectivity index (χ4n) is 2.72. The molecule has 1 heterocycles. The molecule has 1 aromatic heterocycles. The number of H-pyrrole nitrogens is 1. The Morgan fingerprint density at radius 2 is 1.76 bits per heavy atom. The number of nitrogens with one attached hydrogen (secondary N) is 3. The van der Waals surface area contributed by atoms with Gasteiger partial charge in [-0.15, -0.1) is 0 Å². The van der Waals surface area contributed by atoms with Crippen molar-refractivity contribution in [3.05, 3.63) is 75.6 Å². The molecule has 0 aliphatic heterocycles. The van der Waals surface area contributed by atoms with Gasteiger partial charge in [-0.25, -0.2) is 8.42 Å². The molecule has 0 spiro atoms. The van der Waals surface area contributed by atoms with Crippen molar-refractivity contribution in [2.24, 2.45) is 0 Å². The number of para-hydroxylation sites is 2. The van der Waals surface area contributed by atoms with Crippen LogP contribution >= 0.6 is 0 Å².